The van der Waals surface area contributed by atoms with E-state index in [9.17, 15) is 0 Å². The predicted molar refractivity (Wildman–Crippen MR) is 69.9 cm³/mol. The van der Waals surface area contributed by atoms with Crippen molar-refractivity contribution in [2.75, 3.05) is 18.9 Å². The smallest absolute Gasteiger partial charge is 0.0373 e. The SMILES string of the molecule is CCC(C)N(C)C1CNc2ccccc2C1. The van der Waals surface area contributed by atoms with Gasteiger partial charge in [0, 0.05) is 24.3 Å². The molecule has 0 amide bonds. The average molecular weight is 218 g/mol. The highest BCUT2D eigenvalue weighted by Crippen LogP contribution is 2.24. The number of likely N-dealkylation sites (N-methyl/N-ethyl adjacent to an activating group) is 1. The molecule has 2 atom stereocenters. The second kappa shape index (κ2) is 4.88. The van der Waals surface area contributed by atoms with E-state index in [2.05, 4.69) is 55.4 Å². The number of rotatable bonds is 3. The van der Waals surface area contributed by atoms with Crippen LogP contribution in [0.3, 0.4) is 0 Å². The van der Waals surface area contributed by atoms with E-state index in [-0.39, 0.29) is 0 Å². The van der Waals surface area contributed by atoms with Gasteiger partial charge >= 0.3 is 0 Å². The quantitative estimate of drug-likeness (QED) is 0.839. The highest BCUT2D eigenvalue weighted by atomic mass is 15.2. The van der Waals surface area contributed by atoms with Gasteiger partial charge in [-0.1, -0.05) is 25.1 Å². The predicted octanol–water partition coefficient (Wildman–Crippen LogP) is 2.75. The van der Waals surface area contributed by atoms with Crippen LogP contribution in [-0.4, -0.2) is 30.6 Å². The van der Waals surface area contributed by atoms with Gasteiger partial charge in [0.2, 0.25) is 0 Å². The number of benzene rings is 1. The highest BCUT2D eigenvalue weighted by molar-refractivity contribution is 5.53. The third kappa shape index (κ3) is 2.22. The van der Waals surface area contributed by atoms with Crippen molar-refractivity contribution in [2.45, 2.75) is 38.8 Å². The summed E-state index contributed by atoms with van der Waals surface area (Å²) in [6, 6.07) is 9.94. The fraction of sp³-hybridized carbons (Fsp3) is 0.571. The summed E-state index contributed by atoms with van der Waals surface area (Å²) in [6.45, 7) is 5.63. The van der Waals surface area contributed by atoms with E-state index < -0.39 is 0 Å². The summed E-state index contributed by atoms with van der Waals surface area (Å²) >= 11 is 0. The monoisotopic (exact) mass is 218 g/mol. The van der Waals surface area contributed by atoms with Gasteiger partial charge in [-0.15, -0.1) is 0 Å². The van der Waals surface area contributed by atoms with Crippen LogP contribution in [0.4, 0.5) is 5.69 Å². The molecule has 1 aromatic rings. The van der Waals surface area contributed by atoms with E-state index in [4.69, 9.17) is 0 Å². The van der Waals surface area contributed by atoms with Gasteiger partial charge in [-0.25, -0.2) is 0 Å². The van der Waals surface area contributed by atoms with Crippen LogP contribution in [0.5, 0.6) is 0 Å². The number of anilines is 1. The minimum atomic E-state index is 0.629. The molecule has 0 saturated heterocycles. The largest absolute Gasteiger partial charge is 0.383 e. The molecule has 2 heteroatoms. The normalized spacial score (nSPS) is 21.4. The summed E-state index contributed by atoms with van der Waals surface area (Å²) in [6.07, 6.45) is 2.39. The molecular formula is C14H22N2. The maximum atomic E-state index is 3.53. The standard InChI is InChI=1S/C14H22N2/c1-4-11(2)16(3)13-9-12-7-5-6-8-14(12)15-10-13/h5-8,11,13,15H,4,9-10H2,1-3H3. The summed E-state index contributed by atoms with van der Waals surface area (Å²) in [5.74, 6) is 0. The first kappa shape index (κ1) is 11.5. The van der Waals surface area contributed by atoms with Gasteiger partial charge in [0.05, 0.1) is 0 Å². The number of hydrogen-bond donors (Lipinski definition) is 1. The lowest BCUT2D eigenvalue weighted by molar-refractivity contribution is 0.183. The molecule has 2 unspecified atom stereocenters. The fourth-order valence-electron chi connectivity index (χ4n) is 2.36. The number of nitrogens with one attached hydrogen (secondary N) is 1. The van der Waals surface area contributed by atoms with E-state index in [0.29, 0.717) is 12.1 Å². The van der Waals surface area contributed by atoms with E-state index in [1.165, 1.54) is 24.1 Å². The highest BCUT2D eigenvalue weighted by Gasteiger charge is 2.23. The molecule has 2 nitrogen and oxygen atoms in total. The third-order valence-electron chi connectivity index (χ3n) is 3.86. The molecule has 0 saturated carbocycles. The van der Waals surface area contributed by atoms with Crippen molar-refractivity contribution in [2.24, 2.45) is 0 Å². The second-order valence-corrected chi connectivity index (χ2v) is 4.82. The molecule has 88 valence electrons. The molecule has 0 radical (unpaired) electrons. The zero-order valence-corrected chi connectivity index (χ0v) is 10.5. The summed E-state index contributed by atoms with van der Waals surface area (Å²) in [5, 5.41) is 3.53. The number of hydrogen-bond acceptors (Lipinski definition) is 2. The van der Waals surface area contributed by atoms with Crippen LogP contribution in [0.1, 0.15) is 25.8 Å². The molecule has 0 spiro atoms. The minimum Gasteiger partial charge on any atom is -0.383 e. The topological polar surface area (TPSA) is 15.3 Å². The molecular weight excluding hydrogens is 196 g/mol. The van der Waals surface area contributed by atoms with Gasteiger partial charge in [-0.2, -0.15) is 0 Å². The summed E-state index contributed by atoms with van der Waals surface area (Å²) < 4.78 is 0. The van der Waals surface area contributed by atoms with Gasteiger partial charge in [0.15, 0.2) is 0 Å². The molecule has 0 fully saturated rings. The molecule has 2 rings (SSSR count). The van der Waals surface area contributed by atoms with Gasteiger partial charge in [-0.3, -0.25) is 4.90 Å². The number of nitrogens with zero attached hydrogens (tertiary/aromatic N) is 1. The molecule has 16 heavy (non-hydrogen) atoms. The van der Waals surface area contributed by atoms with Crippen LogP contribution in [0, 0.1) is 0 Å². The summed E-state index contributed by atoms with van der Waals surface area (Å²) in [4.78, 5) is 2.50. The van der Waals surface area contributed by atoms with Crippen molar-refractivity contribution in [1.29, 1.82) is 0 Å². The molecule has 1 aliphatic heterocycles. The molecule has 1 aromatic carbocycles. The van der Waals surface area contributed by atoms with E-state index in [1.807, 2.05) is 0 Å². The Kier molecular flexibility index (Phi) is 3.49. The Bertz CT molecular complexity index is 348. The Hall–Kier alpha value is -1.02. The first-order chi connectivity index (χ1) is 7.72. The van der Waals surface area contributed by atoms with Crippen molar-refractivity contribution < 1.29 is 0 Å². The van der Waals surface area contributed by atoms with Crippen molar-refractivity contribution >= 4 is 5.69 Å². The lowest BCUT2D eigenvalue weighted by Gasteiger charge is -2.36. The Morgan fingerprint density at radius 2 is 2.19 bits per heavy atom. The zero-order valence-electron chi connectivity index (χ0n) is 10.5. The van der Waals surface area contributed by atoms with Crippen LogP contribution >= 0.6 is 0 Å². The number of fused-ring (bicyclic) bond motifs is 1. The lowest BCUT2D eigenvalue weighted by Crippen LogP contribution is -2.45. The second-order valence-electron chi connectivity index (χ2n) is 4.82. The van der Waals surface area contributed by atoms with Gasteiger partial charge in [-0.05, 0) is 38.4 Å². The van der Waals surface area contributed by atoms with E-state index in [1.54, 1.807) is 0 Å². The van der Waals surface area contributed by atoms with Crippen molar-refractivity contribution in [3.8, 4) is 0 Å². The molecule has 0 bridgehead atoms. The Morgan fingerprint density at radius 3 is 2.94 bits per heavy atom. The van der Waals surface area contributed by atoms with Gasteiger partial charge < -0.3 is 5.32 Å². The first-order valence-corrected chi connectivity index (χ1v) is 6.26. The van der Waals surface area contributed by atoms with Crippen molar-refractivity contribution in [3.63, 3.8) is 0 Å². The molecule has 1 aliphatic rings. The Labute approximate surface area is 98.7 Å². The molecule has 1 heterocycles. The average Bonchev–Trinajstić information content (AvgIpc) is 2.36. The first-order valence-electron chi connectivity index (χ1n) is 6.26. The van der Waals surface area contributed by atoms with Crippen LogP contribution in [0.2, 0.25) is 0 Å². The number of para-hydroxylation sites is 1. The summed E-state index contributed by atoms with van der Waals surface area (Å²) in [7, 11) is 2.24. The molecule has 0 aromatic heterocycles. The Morgan fingerprint density at radius 1 is 1.44 bits per heavy atom. The fourth-order valence-corrected chi connectivity index (χ4v) is 2.36. The van der Waals surface area contributed by atoms with E-state index >= 15 is 0 Å². The van der Waals surface area contributed by atoms with Gasteiger partial charge in [0.25, 0.3) is 0 Å². The Balaban J connectivity index is 2.08. The van der Waals surface area contributed by atoms with Crippen LogP contribution in [0.15, 0.2) is 24.3 Å². The third-order valence-corrected chi connectivity index (χ3v) is 3.86. The van der Waals surface area contributed by atoms with Gasteiger partial charge in [0.1, 0.15) is 0 Å². The van der Waals surface area contributed by atoms with Crippen LogP contribution < -0.4 is 5.32 Å². The van der Waals surface area contributed by atoms with Crippen LogP contribution in [-0.2, 0) is 6.42 Å². The van der Waals surface area contributed by atoms with Crippen LogP contribution in [0.25, 0.3) is 0 Å². The minimum absolute atomic E-state index is 0.629. The van der Waals surface area contributed by atoms with Crippen molar-refractivity contribution in [1.82, 2.24) is 4.90 Å². The molecule has 0 aliphatic carbocycles. The molecule has 1 N–H and O–H groups in total. The summed E-state index contributed by atoms with van der Waals surface area (Å²) in [5.41, 5.74) is 2.77. The maximum absolute atomic E-state index is 3.53. The maximum Gasteiger partial charge on any atom is 0.0373 e. The van der Waals surface area contributed by atoms with E-state index in [0.717, 1.165) is 6.54 Å². The lowest BCUT2D eigenvalue weighted by atomic mass is 9.97. The van der Waals surface area contributed by atoms with Crippen molar-refractivity contribution in [3.05, 3.63) is 29.8 Å². The zero-order chi connectivity index (χ0) is 11.5.